The van der Waals surface area contributed by atoms with E-state index in [9.17, 15) is 14.7 Å². The number of aliphatic carboxylic acids is 1. The molecule has 1 aromatic rings. The van der Waals surface area contributed by atoms with Crippen LogP contribution in [0.1, 0.15) is 25.8 Å². The molecule has 0 bridgehead atoms. The number of hydrogen-bond acceptors (Lipinski definition) is 5. The van der Waals surface area contributed by atoms with Crippen LogP contribution in [0.4, 0.5) is 0 Å². The Hall–Kier alpha value is -1.86. The van der Waals surface area contributed by atoms with Gasteiger partial charge in [-0.25, -0.2) is 4.79 Å². The smallest absolute Gasteiger partial charge is 0.326 e. The molecule has 1 N–H and O–H groups in total. The molecule has 2 rings (SSSR count). The quantitative estimate of drug-likeness (QED) is 0.627. The first-order chi connectivity index (χ1) is 11.0. The molecule has 0 saturated carbocycles. The Labute approximate surface area is 144 Å². The van der Waals surface area contributed by atoms with Crippen LogP contribution in [0.25, 0.3) is 6.08 Å². The average Bonchev–Trinajstić information content (AvgIpc) is 2.78. The van der Waals surface area contributed by atoms with Gasteiger partial charge in [-0.1, -0.05) is 43.0 Å². The highest BCUT2D eigenvalue weighted by atomic mass is 32.2. The maximum absolute atomic E-state index is 12.5. The van der Waals surface area contributed by atoms with Gasteiger partial charge in [0.1, 0.15) is 16.1 Å². The molecule has 1 aromatic carbocycles. The number of nitrogens with zero attached hydrogens (tertiary/aromatic N) is 1. The van der Waals surface area contributed by atoms with Crippen LogP contribution in [0.3, 0.4) is 0 Å². The Morgan fingerprint density at radius 2 is 2.04 bits per heavy atom. The summed E-state index contributed by atoms with van der Waals surface area (Å²) in [6, 6.07) is 6.40. The molecule has 23 heavy (non-hydrogen) atoms. The molecule has 1 fully saturated rings. The highest BCUT2D eigenvalue weighted by Crippen LogP contribution is 2.34. The lowest BCUT2D eigenvalue weighted by Crippen LogP contribution is -2.43. The van der Waals surface area contributed by atoms with E-state index in [1.165, 1.54) is 4.90 Å². The third-order valence-corrected chi connectivity index (χ3v) is 4.63. The van der Waals surface area contributed by atoms with Gasteiger partial charge < -0.3 is 9.84 Å². The molecule has 0 aromatic heterocycles. The number of carboxylic acid groups (broad SMARTS) is 1. The number of benzene rings is 1. The first kappa shape index (κ1) is 17.5. The SMILES string of the molecule is CCOc1ccc(C=C2SC(=S)N(C(CC)C(=O)O)C2=O)cc1. The lowest BCUT2D eigenvalue weighted by Gasteiger charge is -2.21. The topological polar surface area (TPSA) is 66.8 Å². The number of ether oxygens (including phenoxy) is 1. The number of amides is 1. The van der Waals surface area contributed by atoms with Gasteiger partial charge in [-0.2, -0.15) is 0 Å². The minimum Gasteiger partial charge on any atom is -0.494 e. The average molecular weight is 351 g/mol. The molecular formula is C16H17NO4S2. The molecule has 1 aliphatic heterocycles. The molecule has 1 amide bonds. The van der Waals surface area contributed by atoms with Crippen LogP contribution in [0.15, 0.2) is 29.2 Å². The van der Waals surface area contributed by atoms with Crippen LogP contribution < -0.4 is 4.74 Å². The van der Waals surface area contributed by atoms with Crippen molar-refractivity contribution in [1.82, 2.24) is 4.90 Å². The predicted octanol–water partition coefficient (Wildman–Crippen LogP) is 3.15. The van der Waals surface area contributed by atoms with Crippen molar-refractivity contribution in [3.63, 3.8) is 0 Å². The number of thioether (sulfide) groups is 1. The Kier molecular flexibility index (Phi) is 5.79. The van der Waals surface area contributed by atoms with Gasteiger partial charge in [0.05, 0.1) is 11.5 Å². The first-order valence-corrected chi connectivity index (χ1v) is 8.43. The standard InChI is InChI=1S/C16H17NO4S2/c1-3-12(15(19)20)17-14(18)13(23-16(17)22)9-10-5-7-11(8-6-10)21-4-2/h5-9,12H,3-4H2,1-2H3,(H,19,20). The van der Waals surface area contributed by atoms with E-state index in [2.05, 4.69) is 0 Å². The molecule has 5 nitrogen and oxygen atoms in total. The number of carbonyl (C=O) groups is 2. The monoisotopic (exact) mass is 351 g/mol. The normalized spacial score (nSPS) is 17.7. The maximum Gasteiger partial charge on any atom is 0.326 e. The Morgan fingerprint density at radius 1 is 1.39 bits per heavy atom. The van der Waals surface area contributed by atoms with Crippen molar-refractivity contribution in [2.24, 2.45) is 0 Å². The third kappa shape index (κ3) is 3.92. The minimum absolute atomic E-state index is 0.279. The van der Waals surface area contributed by atoms with Crippen LogP contribution in [0, 0.1) is 0 Å². The Balaban J connectivity index is 2.22. The van der Waals surface area contributed by atoms with Crippen molar-refractivity contribution in [1.29, 1.82) is 0 Å². The second-order valence-electron chi connectivity index (χ2n) is 4.82. The fourth-order valence-electron chi connectivity index (χ4n) is 2.19. The van der Waals surface area contributed by atoms with E-state index < -0.39 is 12.0 Å². The number of hydrogen-bond donors (Lipinski definition) is 1. The lowest BCUT2D eigenvalue weighted by molar-refractivity contribution is -0.145. The van der Waals surface area contributed by atoms with Crippen LogP contribution in [0.2, 0.25) is 0 Å². The van der Waals surface area contributed by atoms with E-state index in [1.807, 2.05) is 31.2 Å². The number of rotatable bonds is 6. The van der Waals surface area contributed by atoms with E-state index in [0.717, 1.165) is 23.1 Å². The zero-order valence-corrected chi connectivity index (χ0v) is 14.4. The van der Waals surface area contributed by atoms with Gasteiger partial charge in [-0.05, 0) is 37.1 Å². The van der Waals surface area contributed by atoms with Crippen molar-refractivity contribution in [3.8, 4) is 5.75 Å². The second kappa shape index (κ2) is 7.61. The lowest BCUT2D eigenvalue weighted by atomic mass is 10.1. The zero-order chi connectivity index (χ0) is 17.0. The van der Waals surface area contributed by atoms with Crippen LogP contribution in [-0.2, 0) is 9.59 Å². The fourth-order valence-corrected chi connectivity index (χ4v) is 3.55. The summed E-state index contributed by atoms with van der Waals surface area (Å²) < 4.78 is 5.65. The molecule has 1 saturated heterocycles. The minimum atomic E-state index is -1.05. The van der Waals surface area contributed by atoms with Crippen LogP contribution in [0.5, 0.6) is 5.75 Å². The van der Waals surface area contributed by atoms with Crippen molar-refractivity contribution in [3.05, 3.63) is 34.7 Å². The molecule has 0 aliphatic carbocycles. The Morgan fingerprint density at radius 3 is 2.57 bits per heavy atom. The van der Waals surface area contributed by atoms with Gasteiger partial charge in [0.2, 0.25) is 0 Å². The maximum atomic E-state index is 12.5. The summed E-state index contributed by atoms with van der Waals surface area (Å²) in [5.74, 6) is -0.650. The third-order valence-electron chi connectivity index (χ3n) is 3.30. The highest BCUT2D eigenvalue weighted by molar-refractivity contribution is 8.26. The van der Waals surface area contributed by atoms with Gasteiger partial charge in [-0.3, -0.25) is 9.69 Å². The molecule has 122 valence electrons. The van der Waals surface area contributed by atoms with Gasteiger partial charge in [0, 0.05) is 0 Å². The van der Waals surface area contributed by atoms with E-state index in [4.69, 9.17) is 17.0 Å². The molecule has 1 aliphatic rings. The van der Waals surface area contributed by atoms with Crippen LogP contribution >= 0.6 is 24.0 Å². The van der Waals surface area contributed by atoms with E-state index in [0.29, 0.717) is 17.9 Å². The summed E-state index contributed by atoms with van der Waals surface area (Å²) in [6.07, 6.45) is 2.02. The van der Waals surface area contributed by atoms with Crippen molar-refractivity contribution < 1.29 is 19.4 Å². The second-order valence-corrected chi connectivity index (χ2v) is 6.49. The van der Waals surface area contributed by atoms with E-state index in [1.54, 1.807) is 13.0 Å². The summed E-state index contributed by atoms with van der Waals surface area (Å²) in [6.45, 7) is 4.21. The zero-order valence-electron chi connectivity index (χ0n) is 12.8. The van der Waals surface area contributed by atoms with Gasteiger partial charge >= 0.3 is 5.97 Å². The van der Waals surface area contributed by atoms with Crippen molar-refractivity contribution >= 4 is 46.3 Å². The summed E-state index contributed by atoms with van der Waals surface area (Å²) in [5, 5.41) is 9.23. The summed E-state index contributed by atoms with van der Waals surface area (Å²) in [5.41, 5.74) is 0.831. The highest BCUT2D eigenvalue weighted by Gasteiger charge is 2.39. The van der Waals surface area contributed by atoms with Gasteiger partial charge in [0.15, 0.2) is 0 Å². The molecular weight excluding hydrogens is 334 g/mol. The molecule has 1 atom stereocenters. The molecule has 1 heterocycles. The number of carbonyl (C=O) groups excluding carboxylic acids is 1. The van der Waals surface area contributed by atoms with Crippen molar-refractivity contribution in [2.75, 3.05) is 6.61 Å². The summed E-state index contributed by atoms with van der Waals surface area (Å²) in [7, 11) is 0. The molecule has 1 unspecified atom stereocenters. The predicted molar refractivity (Wildman–Crippen MR) is 94.3 cm³/mol. The molecule has 0 spiro atoms. The van der Waals surface area contributed by atoms with Crippen LogP contribution in [-0.4, -0.2) is 38.9 Å². The summed E-state index contributed by atoms with van der Waals surface area (Å²) in [4.78, 5) is 25.3. The number of thiocarbonyl (C=S) groups is 1. The fraction of sp³-hybridized carbons (Fsp3) is 0.312. The Bertz CT molecular complexity index is 655. The van der Waals surface area contributed by atoms with Gasteiger partial charge in [-0.15, -0.1) is 0 Å². The summed E-state index contributed by atoms with van der Waals surface area (Å²) >= 11 is 6.30. The van der Waals surface area contributed by atoms with Crippen molar-refractivity contribution in [2.45, 2.75) is 26.3 Å². The van der Waals surface area contributed by atoms with E-state index in [-0.39, 0.29) is 10.2 Å². The largest absolute Gasteiger partial charge is 0.494 e. The molecule has 7 heteroatoms. The molecule has 0 radical (unpaired) electrons. The number of carboxylic acids is 1. The van der Waals surface area contributed by atoms with E-state index >= 15 is 0 Å². The van der Waals surface area contributed by atoms with Gasteiger partial charge in [0.25, 0.3) is 5.91 Å². The first-order valence-electron chi connectivity index (χ1n) is 7.20.